The van der Waals surface area contributed by atoms with Gasteiger partial charge in [0, 0.05) is 5.39 Å². The number of carbonyl (C=O) groups excluding carboxylic acids is 2. The van der Waals surface area contributed by atoms with Crippen LogP contribution in [0, 0.1) is 12.3 Å². The first-order chi connectivity index (χ1) is 17.8. The zero-order valence-corrected chi connectivity index (χ0v) is 22.5. The Kier molecular flexibility index (Phi) is 8.87. The van der Waals surface area contributed by atoms with Crippen LogP contribution in [0.5, 0.6) is 0 Å². The Labute approximate surface area is 222 Å². The van der Waals surface area contributed by atoms with Crippen molar-refractivity contribution in [2.45, 2.75) is 50.8 Å². The van der Waals surface area contributed by atoms with E-state index in [1.165, 1.54) is 6.07 Å². The minimum atomic E-state index is -4.30. The van der Waals surface area contributed by atoms with Gasteiger partial charge in [0.1, 0.15) is 11.6 Å². The van der Waals surface area contributed by atoms with Gasteiger partial charge >= 0.3 is 6.09 Å². The predicted octanol–water partition coefficient (Wildman–Crippen LogP) is 3.67. The number of ether oxygens (including phenoxy) is 2. The molecule has 10 nitrogen and oxygen atoms in total. The molecule has 0 saturated carbocycles. The molecule has 3 aromatic carbocycles. The van der Waals surface area contributed by atoms with E-state index >= 15 is 0 Å². The quantitative estimate of drug-likeness (QED) is 0.291. The molecule has 0 bridgehead atoms. The van der Waals surface area contributed by atoms with Gasteiger partial charge in [0.25, 0.3) is 5.91 Å². The van der Waals surface area contributed by atoms with Crippen LogP contribution in [-0.2, 0) is 30.9 Å². The first-order valence-corrected chi connectivity index (χ1v) is 13.3. The molecule has 38 heavy (non-hydrogen) atoms. The molecule has 202 valence electrons. The second kappa shape index (κ2) is 11.7. The zero-order chi connectivity index (χ0) is 28.1. The number of guanidine groups is 1. The van der Waals surface area contributed by atoms with Crippen molar-refractivity contribution in [3.05, 3.63) is 77.9 Å². The Morgan fingerprint density at radius 1 is 1.00 bits per heavy atom. The van der Waals surface area contributed by atoms with E-state index in [0.717, 1.165) is 16.5 Å². The van der Waals surface area contributed by atoms with Crippen LogP contribution in [0.25, 0.3) is 10.8 Å². The highest BCUT2D eigenvalue weighted by Gasteiger charge is 2.37. The van der Waals surface area contributed by atoms with Gasteiger partial charge in [-0.3, -0.25) is 10.2 Å². The molecule has 0 aromatic heterocycles. The number of rotatable bonds is 8. The molecule has 0 aliphatic heterocycles. The smallest absolute Gasteiger partial charge is 0.424 e. The van der Waals surface area contributed by atoms with Gasteiger partial charge in [-0.2, -0.15) is 9.62 Å². The molecular weight excluding hydrogens is 508 g/mol. The van der Waals surface area contributed by atoms with Crippen molar-refractivity contribution in [3.63, 3.8) is 0 Å². The maximum absolute atomic E-state index is 13.6. The number of hydrogen-bond acceptors (Lipinski definition) is 7. The van der Waals surface area contributed by atoms with E-state index in [1.807, 2.05) is 37.3 Å². The van der Waals surface area contributed by atoms with Gasteiger partial charge in [-0.05, 0) is 50.3 Å². The Balaban J connectivity index is 1.96. The van der Waals surface area contributed by atoms with E-state index in [0.29, 0.717) is 5.39 Å². The Bertz CT molecular complexity index is 1430. The SMILES string of the molecule is Cc1ccc(S(=O)(=O)N[C@H](COCc2ccccc2)C(=O)N(C(=N)N)C(=O)OC(C)(C)C)c2ccccc12. The van der Waals surface area contributed by atoms with Crippen molar-refractivity contribution in [2.24, 2.45) is 5.73 Å². The fourth-order valence-electron chi connectivity index (χ4n) is 3.70. The molecule has 11 heteroatoms. The van der Waals surface area contributed by atoms with Crippen molar-refractivity contribution in [1.82, 2.24) is 9.62 Å². The zero-order valence-electron chi connectivity index (χ0n) is 21.7. The number of sulfonamides is 1. The summed E-state index contributed by atoms with van der Waals surface area (Å²) in [5.74, 6) is -2.03. The number of benzene rings is 3. The number of fused-ring (bicyclic) bond motifs is 1. The fourth-order valence-corrected chi connectivity index (χ4v) is 5.09. The molecular formula is C27H32N4O6S. The molecule has 0 radical (unpaired) electrons. The van der Waals surface area contributed by atoms with E-state index in [2.05, 4.69) is 4.72 Å². The third-order valence-corrected chi connectivity index (χ3v) is 6.95. The molecule has 0 aliphatic rings. The van der Waals surface area contributed by atoms with Gasteiger partial charge in [0.15, 0.2) is 0 Å². The summed E-state index contributed by atoms with van der Waals surface area (Å²) in [5, 5.41) is 9.01. The number of nitrogens with zero attached hydrogens (tertiary/aromatic N) is 1. The first-order valence-electron chi connectivity index (χ1n) is 11.8. The van der Waals surface area contributed by atoms with E-state index in [-0.39, 0.29) is 16.4 Å². The highest BCUT2D eigenvalue weighted by atomic mass is 32.2. The number of imide groups is 1. The van der Waals surface area contributed by atoms with Crippen LogP contribution in [0.1, 0.15) is 31.9 Å². The summed E-state index contributed by atoms with van der Waals surface area (Å²) in [6, 6.07) is 17.6. The second-order valence-corrected chi connectivity index (χ2v) is 11.3. The average molecular weight is 541 g/mol. The minimum Gasteiger partial charge on any atom is -0.443 e. The van der Waals surface area contributed by atoms with Crippen molar-refractivity contribution >= 4 is 38.8 Å². The summed E-state index contributed by atoms with van der Waals surface area (Å²) in [4.78, 5) is 26.5. The maximum atomic E-state index is 13.6. The van der Waals surface area contributed by atoms with Gasteiger partial charge in [-0.15, -0.1) is 0 Å². The Morgan fingerprint density at radius 3 is 2.21 bits per heavy atom. The molecule has 3 rings (SSSR count). The highest BCUT2D eigenvalue weighted by Crippen LogP contribution is 2.26. The summed E-state index contributed by atoms with van der Waals surface area (Å²) in [7, 11) is -4.30. The van der Waals surface area contributed by atoms with Crippen LogP contribution in [0.4, 0.5) is 4.79 Å². The van der Waals surface area contributed by atoms with Crippen molar-refractivity contribution in [2.75, 3.05) is 6.61 Å². The third kappa shape index (κ3) is 7.15. The van der Waals surface area contributed by atoms with E-state index in [1.54, 1.807) is 51.1 Å². The first kappa shape index (κ1) is 28.8. The second-order valence-electron chi connectivity index (χ2n) is 9.64. The lowest BCUT2D eigenvalue weighted by molar-refractivity contribution is -0.130. The molecule has 3 aromatic rings. The number of aryl methyl sites for hydroxylation is 1. The summed E-state index contributed by atoms with van der Waals surface area (Å²) in [5.41, 5.74) is 6.23. The highest BCUT2D eigenvalue weighted by molar-refractivity contribution is 7.89. The average Bonchev–Trinajstić information content (AvgIpc) is 2.83. The number of hydrogen-bond donors (Lipinski definition) is 3. The van der Waals surface area contributed by atoms with Crippen molar-refractivity contribution in [1.29, 1.82) is 5.41 Å². The van der Waals surface area contributed by atoms with Crippen LogP contribution < -0.4 is 10.5 Å². The normalized spacial score (nSPS) is 12.6. The molecule has 4 N–H and O–H groups in total. The Morgan fingerprint density at radius 2 is 1.61 bits per heavy atom. The summed E-state index contributed by atoms with van der Waals surface area (Å²) < 4.78 is 40.4. The fraction of sp³-hybridized carbons (Fsp3) is 0.296. The molecule has 0 heterocycles. The third-order valence-electron chi connectivity index (χ3n) is 5.42. The van der Waals surface area contributed by atoms with Gasteiger partial charge < -0.3 is 15.2 Å². The summed E-state index contributed by atoms with van der Waals surface area (Å²) in [6.07, 6.45) is -1.21. The molecule has 2 amide bonds. The van der Waals surface area contributed by atoms with Crippen LogP contribution >= 0.6 is 0 Å². The van der Waals surface area contributed by atoms with Crippen LogP contribution in [-0.4, -0.2) is 49.5 Å². The largest absolute Gasteiger partial charge is 0.443 e. The van der Waals surface area contributed by atoms with Crippen LogP contribution in [0.15, 0.2) is 71.6 Å². The van der Waals surface area contributed by atoms with Crippen molar-refractivity contribution in [3.8, 4) is 0 Å². The number of nitrogens with one attached hydrogen (secondary N) is 2. The topological polar surface area (TPSA) is 152 Å². The number of carbonyl (C=O) groups is 2. The maximum Gasteiger partial charge on any atom is 0.424 e. The molecule has 0 saturated heterocycles. The number of nitrogens with two attached hydrogens (primary N) is 1. The molecule has 0 aliphatic carbocycles. The standard InChI is InChI=1S/C27H32N4O6S/c1-18-14-15-23(21-13-9-8-12-20(18)21)38(34,35)30-22(17-36-16-19-10-6-5-7-11-19)24(32)31(25(28)29)26(33)37-27(2,3)4/h5-15,22,30H,16-17H2,1-4H3,(H3,28,29)/t22-/m1/s1. The van der Waals surface area contributed by atoms with Crippen molar-refractivity contribution < 1.29 is 27.5 Å². The van der Waals surface area contributed by atoms with E-state index < -0.39 is 46.2 Å². The molecule has 0 unspecified atom stereocenters. The molecule has 1 atom stereocenters. The van der Waals surface area contributed by atoms with Gasteiger partial charge in [-0.25, -0.2) is 13.2 Å². The lowest BCUT2D eigenvalue weighted by atomic mass is 10.1. The lowest BCUT2D eigenvalue weighted by Gasteiger charge is -2.28. The summed E-state index contributed by atoms with van der Waals surface area (Å²) >= 11 is 0. The molecule has 0 spiro atoms. The van der Waals surface area contributed by atoms with E-state index in [4.69, 9.17) is 20.6 Å². The summed E-state index contributed by atoms with van der Waals surface area (Å²) in [6.45, 7) is 6.25. The monoisotopic (exact) mass is 540 g/mol. The number of amides is 2. The van der Waals surface area contributed by atoms with E-state index in [9.17, 15) is 18.0 Å². The van der Waals surface area contributed by atoms with Crippen LogP contribution in [0.2, 0.25) is 0 Å². The molecule has 0 fully saturated rings. The van der Waals surface area contributed by atoms with Gasteiger partial charge in [-0.1, -0.05) is 60.7 Å². The van der Waals surface area contributed by atoms with Gasteiger partial charge in [0.2, 0.25) is 16.0 Å². The van der Waals surface area contributed by atoms with Crippen LogP contribution in [0.3, 0.4) is 0 Å². The predicted molar refractivity (Wildman–Crippen MR) is 144 cm³/mol. The Hall–Kier alpha value is -3.80. The van der Waals surface area contributed by atoms with Gasteiger partial charge in [0.05, 0.1) is 18.1 Å². The lowest BCUT2D eigenvalue weighted by Crippen LogP contribution is -2.56. The minimum absolute atomic E-state index is 0.0498.